The maximum atomic E-state index is 10.6. The van der Waals surface area contributed by atoms with Crippen LogP contribution in [0.5, 0.6) is 0 Å². The predicted octanol–water partition coefficient (Wildman–Crippen LogP) is 0.810. The van der Waals surface area contributed by atoms with E-state index in [-0.39, 0.29) is 5.56 Å². The molecule has 1 aromatic rings. The second kappa shape index (κ2) is 5.92. The van der Waals surface area contributed by atoms with Gasteiger partial charge in [0.25, 0.3) is 0 Å². The summed E-state index contributed by atoms with van der Waals surface area (Å²) in [5.74, 6) is -0.536. The molecule has 0 saturated carbocycles. The number of rotatable bonds is 6. The summed E-state index contributed by atoms with van der Waals surface area (Å²) in [6.45, 7) is 1.33. The summed E-state index contributed by atoms with van der Waals surface area (Å²) in [5, 5.41) is 11.7. The highest BCUT2D eigenvalue weighted by Crippen LogP contribution is 2.16. The van der Waals surface area contributed by atoms with Gasteiger partial charge in [-0.25, -0.2) is 9.78 Å². The molecule has 0 radical (unpaired) electrons. The molecular weight excluding hydrogens is 210 g/mol. The number of ether oxygens (including phenoxy) is 1. The third-order valence-electron chi connectivity index (χ3n) is 1.98. The Morgan fingerprint density at radius 2 is 2.44 bits per heavy atom. The lowest BCUT2D eigenvalue weighted by molar-refractivity contribution is 0.0696. The lowest BCUT2D eigenvalue weighted by atomic mass is 10.2. The molecule has 4 N–H and O–H groups in total. The molecule has 6 heteroatoms. The van der Waals surface area contributed by atoms with E-state index in [1.165, 1.54) is 12.3 Å². The number of nitrogen functional groups attached to an aromatic ring is 1. The average Bonchev–Trinajstić information content (AvgIpc) is 2.26. The number of pyridine rings is 1. The second-order valence-corrected chi connectivity index (χ2v) is 3.24. The van der Waals surface area contributed by atoms with Crippen LogP contribution in [-0.2, 0) is 4.74 Å². The van der Waals surface area contributed by atoms with Crippen LogP contribution in [0.2, 0.25) is 0 Å². The van der Waals surface area contributed by atoms with Crippen LogP contribution in [0.4, 0.5) is 11.5 Å². The average molecular weight is 225 g/mol. The van der Waals surface area contributed by atoms with E-state index in [0.717, 1.165) is 6.42 Å². The minimum absolute atomic E-state index is 0.0833. The quantitative estimate of drug-likeness (QED) is 0.620. The SMILES string of the molecule is COCCCNc1ncc(C(=O)O)cc1N. The highest BCUT2D eigenvalue weighted by atomic mass is 16.5. The third kappa shape index (κ3) is 3.39. The Balaban J connectivity index is 2.57. The van der Waals surface area contributed by atoms with Crippen molar-refractivity contribution in [2.75, 3.05) is 31.3 Å². The fraction of sp³-hybridized carbons (Fsp3) is 0.400. The van der Waals surface area contributed by atoms with E-state index in [4.69, 9.17) is 15.6 Å². The first kappa shape index (κ1) is 12.3. The zero-order valence-electron chi connectivity index (χ0n) is 9.06. The van der Waals surface area contributed by atoms with E-state index in [2.05, 4.69) is 10.3 Å². The Hall–Kier alpha value is -1.82. The number of nitrogens with zero attached hydrogens (tertiary/aromatic N) is 1. The topological polar surface area (TPSA) is 97.5 Å². The van der Waals surface area contributed by atoms with Crippen LogP contribution in [0.3, 0.4) is 0 Å². The van der Waals surface area contributed by atoms with Crippen LogP contribution in [0.25, 0.3) is 0 Å². The van der Waals surface area contributed by atoms with Crippen molar-refractivity contribution in [2.45, 2.75) is 6.42 Å². The summed E-state index contributed by atoms with van der Waals surface area (Å²) < 4.78 is 4.89. The van der Waals surface area contributed by atoms with Crippen LogP contribution in [0.15, 0.2) is 12.3 Å². The standard InChI is InChI=1S/C10H15N3O3/c1-16-4-2-3-12-9-8(11)5-7(6-13-9)10(14)15/h5-6H,2-4,11H2,1H3,(H,12,13)(H,14,15). The Kier molecular flexibility index (Phi) is 4.53. The smallest absolute Gasteiger partial charge is 0.337 e. The maximum Gasteiger partial charge on any atom is 0.337 e. The molecule has 0 atom stereocenters. The monoisotopic (exact) mass is 225 g/mol. The van der Waals surface area contributed by atoms with Gasteiger partial charge in [0.1, 0.15) is 5.82 Å². The van der Waals surface area contributed by atoms with E-state index in [0.29, 0.717) is 24.7 Å². The molecule has 6 nitrogen and oxygen atoms in total. The van der Waals surface area contributed by atoms with Crippen molar-refractivity contribution in [1.29, 1.82) is 0 Å². The molecule has 0 aliphatic heterocycles. The zero-order valence-corrected chi connectivity index (χ0v) is 9.06. The molecule has 88 valence electrons. The summed E-state index contributed by atoms with van der Waals surface area (Å²) in [6.07, 6.45) is 2.11. The minimum Gasteiger partial charge on any atom is -0.478 e. The minimum atomic E-state index is -1.04. The Labute approximate surface area is 93.4 Å². The molecule has 0 spiro atoms. The maximum absolute atomic E-state index is 10.6. The normalized spacial score (nSPS) is 10.1. The van der Waals surface area contributed by atoms with Gasteiger partial charge in [0.05, 0.1) is 11.3 Å². The van der Waals surface area contributed by atoms with Crippen molar-refractivity contribution < 1.29 is 14.6 Å². The summed E-state index contributed by atoms with van der Waals surface area (Å²) in [6, 6.07) is 1.38. The van der Waals surface area contributed by atoms with Gasteiger partial charge in [0.2, 0.25) is 0 Å². The van der Waals surface area contributed by atoms with Gasteiger partial charge in [-0.3, -0.25) is 0 Å². The number of carboxylic acid groups (broad SMARTS) is 1. The number of nitrogens with two attached hydrogens (primary N) is 1. The molecule has 0 fully saturated rings. The number of aromatic nitrogens is 1. The molecule has 1 rings (SSSR count). The Morgan fingerprint density at radius 3 is 3.00 bits per heavy atom. The molecule has 0 bridgehead atoms. The van der Waals surface area contributed by atoms with Gasteiger partial charge in [-0.05, 0) is 12.5 Å². The number of hydrogen-bond acceptors (Lipinski definition) is 5. The van der Waals surface area contributed by atoms with Gasteiger partial charge >= 0.3 is 5.97 Å². The molecule has 0 aliphatic carbocycles. The van der Waals surface area contributed by atoms with Gasteiger partial charge in [0, 0.05) is 26.5 Å². The summed E-state index contributed by atoms with van der Waals surface area (Å²) in [5.41, 5.74) is 6.07. The molecule has 1 heterocycles. The van der Waals surface area contributed by atoms with Crippen molar-refractivity contribution >= 4 is 17.5 Å². The number of anilines is 2. The van der Waals surface area contributed by atoms with Crippen LogP contribution in [0, 0.1) is 0 Å². The van der Waals surface area contributed by atoms with Crippen LogP contribution < -0.4 is 11.1 Å². The van der Waals surface area contributed by atoms with E-state index >= 15 is 0 Å². The fourth-order valence-corrected chi connectivity index (χ4v) is 1.17. The van der Waals surface area contributed by atoms with Crippen molar-refractivity contribution in [2.24, 2.45) is 0 Å². The first-order valence-electron chi connectivity index (χ1n) is 4.86. The number of carbonyl (C=O) groups is 1. The molecular formula is C10H15N3O3. The van der Waals surface area contributed by atoms with E-state index in [1.807, 2.05) is 0 Å². The molecule has 16 heavy (non-hydrogen) atoms. The largest absolute Gasteiger partial charge is 0.478 e. The first-order chi connectivity index (χ1) is 7.65. The highest BCUT2D eigenvalue weighted by molar-refractivity contribution is 5.89. The number of nitrogens with one attached hydrogen (secondary N) is 1. The van der Waals surface area contributed by atoms with E-state index in [9.17, 15) is 4.79 Å². The number of carboxylic acids is 1. The van der Waals surface area contributed by atoms with Crippen LogP contribution in [-0.4, -0.2) is 36.3 Å². The second-order valence-electron chi connectivity index (χ2n) is 3.24. The van der Waals surface area contributed by atoms with Crippen molar-refractivity contribution in [3.05, 3.63) is 17.8 Å². The summed E-state index contributed by atoms with van der Waals surface area (Å²) >= 11 is 0. The molecule has 0 aromatic carbocycles. The van der Waals surface area contributed by atoms with Crippen LogP contribution >= 0.6 is 0 Å². The first-order valence-corrected chi connectivity index (χ1v) is 4.86. The van der Waals surface area contributed by atoms with Gasteiger partial charge in [-0.15, -0.1) is 0 Å². The van der Waals surface area contributed by atoms with Crippen molar-refractivity contribution in [3.63, 3.8) is 0 Å². The molecule has 1 aromatic heterocycles. The fourth-order valence-electron chi connectivity index (χ4n) is 1.17. The summed E-state index contributed by atoms with van der Waals surface area (Å²) in [7, 11) is 1.63. The predicted molar refractivity (Wildman–Crippen MR) is 60.6 cm³/mol. The molecule has 0 saturated heterocycles. The highest BCUT2D eigenvalue weighted by Gasteiger charge is 2.06. The Morgan fingerprint density at radius 1 is 1.69 bits per heavy atom. The van der Waals surface area contributed by atoms with E-state index in [1.54, 1.807) is 7.11 Å². The summed E-state index contributed by atoms with van der Waals surface area (Å²) in [4.78, 5) is 14.6. The number of hydrogen-bond donors (Lipinski definition) is 3. The van der Waals surface area contributed by atoms with Gasteiger partial charge < -0.3 is 20.9 Å². The third-order valence-corrected chi connectivity index (χ3v) is 1.98. The number of aromatic carboxylic acids is 1. The van der Waals surface area contributed by atoms with Crippen molar-refractivity contribution in [3.8, 4) is 0 Å². The molecule has 0 aliphatic rings. The van der Waals surface area contributed by atoms with Gasteiger partial charge in [-0.2, -0.15) is 0 Å². The number of methoxy groups -OCH3 is 1. The van der Waals surface area contributed by atoms with Gasteiger partial charge in [-0.1, -0.05) is 0 Å². The van der Waals surface area contributed by atoms with Gasteiger partial charge in [0.15, 0.2) is 0 Å². The van der Waals surface area contributed by atoms with E-state index < -0.39 is 5.97 Å². The molecule has 0 amide bonds. The zero-order chi connectivity index (χ0) is 12.0. The van der Waals surface area contributed by atoms with Crippen LogP contribution in [0.1, 0.15) is 16.8 Å². The Bertz CT molecular complexity index is 368. The lowest BCUT2D eigenvalue weighted by Gasteiger charge is -2.08. The molecule has 0 unspecified atom stereocenters. The van der Waals surface area contributed by atoms with Crippen molar-refractivity contribution in [1.82, 2.24) is 4.98 Å². The lowest BCUT2D eigenvalue weighted by Crippen LogP contribution is -2.09.